The third-order valence-corrected chi connectivity index (χ3v) is 2.33. The van der Waals surface area contributed by atoms with Gasteiger partial charge in [-0.3, -0.25) is 4.67 Å². The van der Waals surface area contributed by atoms with E-state index in [2.05, 4.69) is 26.7 Å². The first-order valence-corrected chi connectivity index (χ1v) is 4.38. The van der Waals surface area contributed by atoms with Crippen molar-refractivity contribution >= 4 is 9.39 Å². The van der Waals surface area contributed by atoms with Crippen molar-refractivity contribution in [2.24, 2.45) is 11.7 Å². The average molecular weight is 164 g/mol. The van der Waals surface area contributed by atoms with Crippen LogP contribution in [-0.4, -0.2) is 24.8 Å². The van der Waals surface area contributed by atoms with Crippen molar-refractivity contribution < 1.29 is 1.43 Å². The summed E-state index contributed by atoms with van der Waals surface area (Å²) < 4.78 is 2.32. The third kappa shape index (κ3) is 4.21. The van der Waals surface area contributed by atoms with Crippen LogP contribution in [0.15, 0.2) is 0 Å². The van der Waals surface area contributed by atoms with E-state index in [1.807, 2.05) is 0 Å². The van der Waals surface area contributed by atoms with Crippen LogP contribution in [0.25, 0.3) is 0 Å². The van der Waals surface area contributed by atoms with E-state index in [9.17, 15) is 0 Å². The number of rotatable bonds is 0. The van der Waals surface area contributed by atoms with E-state index in [4.69, 9.17) is 0 Å². The van der Waals surface area contributed by atoms with E-state index in [0.717, 1.165) is 5.92 Å². The monoisotopic (exact) mass is 164 g/mol. The molecule has 10 heavy (non-hydrogen) atoms. The molecule has 2 N–H and O–H groups in total. The second-order valence-electron chi connectivity index (χ2n) is 2.72. The first-order valence-electron chi connectivity index (χ1n) is 3.86. The standard InChI is InChI=1S/C6H14NP.CH5N.H2/c1-6-2-4-7(8)5-3-6;1-2;/h6H,2-5,8H2,1H3;2H2,1H3;1H. The van der Waals surface area contributed by atoms with Gasteiger partial charge in [0.25, 0.3) is 0 Å². The van der Waals surface area contributed by atoms with Crippen molar-refractivity contribution in [2.75, 3.05) is 20.1 Å². The highest BCUT2D eigenvalue weighted by molar-refractivity contribution is 7.13. The SMILES string of the molecule is CC1CCN(P)CC1.CN.[HH]. The smallest absolute Gasteiger partial charge is 0.00187 e. The fourth-order valence-corrected chi connectivity index (χ4v) is 1.33. The average Bonchev–Trinajstić information content (AvgIpc) is 2.00. The van der Waals surface area contributed by atoms with Gasteiger partial charge in [-0.1, -0.05) is 16.3 Å². The normalized spacial score (nSPS) is 21.6. The molecule has 2 nitrogen and oxygen atoms in total. The first kappa shape index (κ1) is 10.3. The zero-order valence-electron chi connectivity index (χ0n) is 7.01. The second kappa shape index (κ2) is 6.09. The molecule has 0 aliphatic carbocycles. The van der Waals surface area contributed by atoms with E-state index < -0.39 is 0 Å². The molecule has 1 aliphatic rings. The topological polar surface area (TPSA) is 29.3 Å². The lowest BCUT2D eigenvalue weighted by Crippen LogP contribution is -2.24. The van der Waals surface area contributed by atoms with Crippen molar-refractivity contribution in [3.8, 4) is 0 Å². The first-order chi connectivity index (χ1) is 4.79. The molecular formula is C7H21N2P. The highest BCUT2D eigenvalue weighted by Gasteiger charge is 2.10. The van der Waals surface area contributed by atoms with E-state index in [-0.39, 0.29) is 1.43 Å². The van der Waals surface area contributed by atoms with Crippen LogP contribution < -0.4 is 5.73 Å². The molecule has 0 amide bonds. The van der Waals surface area contributed by atoms with Gasteiger partial charge in [0.15, 0.2) is 0 Å². The van der Waals surface area contributed by atoms with Crippen LogP contribution in [0, 0.1) is 5.92 Å². The maximum Gasteiger partial charge on any atom is 0.00187 e. The third-order valence-electron chi connectivity index (χ3n) is 1.82. The van der Waals surface area contributed by atoms with Gasteiger partial charge in [-0.2, -0.15) is 0 Å². The number of hydrogen-bond acceptors (Lipinski definition) is 2. The van der Waals surface area contributed by atoms with Gasteiger partial charge >= 0.3 is 0 Å². The molecule has 3 heteroatoms. The summed E-state index contributed by atoms with van der Waals surface area (Å²) in [5, 5.41) is 0. The Bertz CT molecular complexity index is 64.8. The lowest BCUT2D eigenvalue weighted by molar-refractivity contribution is 0.307. The van der Waals surface area contributed by atoms with Gasteiger partial charge in [-0.15, -0.1) is 0 Å². The fraction of sp³-hybridized carbons (Fsp3) is 1.00. The Kier molecular flexibility index (Phi) is 6.30. The number of piperidine rings is 1. The van der Waals surface area contributed by atoms with Crippen LogP contribution in [0.4, 0.5) is 0 Å². The van der Waals surface area contributed by atoms with E-state index in [0.29, 0.717) is 0 Å². The Hall–Kier alpha value is 0.350. The minimum absolute atomic E-state index is 0. The van der Waals surface area contributed by atoms with Gasteiger partial charge in [0, 0.05) is 14.5 Å². The molecule has 1 saturated heterocycles. The summed E-state index contributed by atoms with van der Waals surface area (Å²) in [5.41, 5.74) is 4.50. The van der Waals surface area contributed by atoms with Gasteiger partial charge < -0.3 is 5.73 Å². The largest absolute Gasteiger partial charge is 0.333 e. The highest BCUT2D eigenvalue weighted by atomic mass is 31.0. The van der Waals surface area contributed by atoms with Crippen molar-refractivity contribution in [1.29, 1.82) is 0 Å². The lowest BCUT2D eigenvalue weighted by Gasteiger charge is -2.25. The molecule has 1 rings (SSSR count). The van der Waals surface area contributed by atoms with Crippen LogP contribution in [0.2, 0.25) is 0 Å². The maximum absolute atomic E-state index is 4.50. The summed E-state index contributed by atoms with van der Waals surface area (Å²) in [4.78, 5) is 0. The van der Waals surface area contributed by atoms with Crippen molar-refractivity contribution in [3.05, 3.63) is 0 Å². The lowest BCUT2D eigenvalue weighted by atomic mass is 10.0. The highest BCUT2D eigenvalue weighted by Crippen LogP contribution is 2.17. The summed E-state index contributed by atoms with van der Waals surface area (Å²) in [7, 11) is 4.26. The number of nitrogens with zero attached hydrogens (tertiary/aromatic N) is 1. The maximum atomic E-state index is 4.50. The van der Waals surface area contributed by atoms with Crippen molar-refractivity contribution in [2.45, 2.75) is 19.8 Å². The Morgan fingerprint density at radius 3 is 2.10 bits per heavy atom. The van der Waals surface area contributed by atoms with Crippen LogP contribution in [0.3, 0.4) is 0 Å². The van der Waals surface area contributed by atoms with Crippen LogP contribution in [-0.2, 0) is 0 Å². The molecule has 1 atom stereocenters. The fourth-order valence-electron chi connectivity index (χ4n) is 1.03. The summed E-state index contributed by atoms with van der Waals surface area (Å²) in [6.07, 6.45) is 2.76. The summed E-state index contributed by atoms with van der Waals surface area (Å²) in [5.74, 6) is 0.965. The molecule has 0 radical (unpaired) electrons. The molecule has 1 aliphatic heterocycles. The Balaban J connectivity index is 0. The molecule has 1 fully saturated rings. The zero-order valence-corrected chi connectivity index (χ0v) is 8.16. The minimum Gasteiger partial charge on any atom is -0.333 e. The predicted octanol–water partition coefficient (Wildman–Crippen LogP) is 1.33. The molecule has 0 bridgehead atoms. The molecule has 0 saturated carbocycles. The summed E-state index contributed by atoms with van der Waals surface area (Å²) in [6, 6.07) is 0. The van der Waals surface area contributed by atoms with E-state index in [1.54, 1.807) is 0 Å². The molecule has 64 valence electrons. The van der Waals surface area contributed by atoms with Crippen molar-refractivity contribution in [3.63, 3.8) is 0 Å². The van der Waals surface area contributed by atoms with Gasteiger partial charge in [0.1, 0.15) is 0 Å². The predicted molar refractivity (Wildman–Crippen MR) is 51.9 cm³/mol. The van der Waals surface area contributed by atoms with Crippen LogP contribution in [0.1, 0.15) is 21.2 Å². The molecule has 0 aromatic heterocycles. The molecule has 0 aromatic carbocycles. The molecule has 0 spiro atoms. The zero-order chi connectivity index (χ0) is 7.98. The molecule has 0 aromatic rings. The number of hydrogen-bond donors (Lipinski definition) is 1. The quantitative estimate of drug-likeness (QED) is 0.547. The second-order valence-corrected chi connectivity index (χ2v) is 3.45. The van der Waals surface area contributed by atoms with E-state index in [1.165, 1.54) is 33.0 Å². The minimum atomic E-state index is 0. The molecular weight excluding hydrogens is 143 g/mol. The van der Waals surface area contributed by atoms with Crippen LogP contribution in [0.5, 0.6) is 0 Å². The Labute approximate surface area is 67.9 Å². The Morgan fingerprint density at radius 1 is 1.40 bits per heavy atom. The van der Waals surface area contributed by atoms with Gasteiger partial charge in [-0.25, -0.2) is 0 Å². The molecule has 1 heterocycles. The summed E-state index contributed by atoms with van der Waals surface area (Å²) in [6.45, 7) is 4.87. The van der Waals surface area contributed by atoms with Crippen molar-refractivity contribution in [1.82, 2.24) is 4.67 Å². The van der Waals surface area contributed by atoms with Crippen LogP contribution >= 0.6 is 9.39 Å². The van der Waals surface area contributed by atoms with Gasteiger partial charge in [0.05, 0.1) is 0 Å². The Morgan fingerprint density at radius 2 is 1.80 bits per heavy atom. The molecule has 1 unspecified atom stereocenters. The number of nitrogens with two attached hydrogens (primary N) is 1. The van der Waals surface area contributed by atoms with Gasteiger partial charge in [-0.05, 0) is 25.8 Å². The summed E-state index contributed by atoms with van der Waals surface area (Å²) >= 11 is 0. The van der Waals surface area contributed by atoms with E-state index >= 15 is 0 Å². The van der Waals surface area contributed by atoms with Gasteiger partial charge in [0.2, 0.25) is 0 Å².